The highest BCUT2D eigenvalue weighted by Crippen LogP contribution is 2.25. The number of benzene rings is 1. The summed E-state index contributed by atoms with van der Waals surface area (Å²) < 4.78 is 5.43. The normalized spacial score (nSPS) is 14.3. The molecule has 32 heavy (non-hydrogen) atoms. The van der Waals surface area contributed by atoms with Gasteiger partial charge in [0.2, 0.25) is 0 Å². The number of morpholine rings is 1. The number of halogens is 1. The first kappa shape index (κ1) is 24.7. The SMILES string of the molecule is CCCCCCN(CCN1CCOCC1)C(=O)c1ccc(Cl)c(NC(=O)c2cccs2)c1. The molecule has 1 fully saturated rings. The van der Waals surface area contributed by atoms with Crippen molar-refractivity contribution in [1.29, 1.82) is 0 Å². The van der Waals surface area contributed by atoms with Crippen LogP contribution in [0.3, 0.4) is 0 Å². The van der Waals surface area contributed by atoms with Crippen LogP contribution in [0.1, 0.15) is 52.6 Å². The van der Waals surface area contributed by atoms with Gasteiger partial charge in [-0.25, -0.2) is 0 Å². The Balaban J connectivity index is 1.69. The van der Waals surface area contributed by atoms with E-state index in [1.165, 1.54) is 17.8 Å². The molecule has 3 rings (SSSR count). The highest BCUT2D eigenvalue weighted by Gasteiger charge is 2.20. The summed E-state index contributed by atoms with van der Waals surface area (Å²) in [6, 6.07) is 8.68. The second kappa shape index (κ2) is 12.9. The summed E-state index contributed by atoms with van der Waals surface area (Å²) in [6.45, 7) is 7.70. The largest absolute Gasteiger partial charge is 0.379 e. The number of rotatable bonds is 11. The molecule has 2 heterocycles. The number of carbonyl (C=O) groups is 2. The van der Waals surface area contributed by atoms with E-state index in [-0.39, 0.29) is 11.8 Å². The van der Waals surface area contributed by atoms with Crippen molar-refractivity contribution in [3.05, 3.63) is 51.2 Å². The number of unbranched alkanes of at least 4 members (excludes halogenated alkanes) is 3. The topological polar surface area (TPSA) is 61.9 Å². The molecule has 0 radical (unpaired) electrons. The van der Waals surface area contributed by atoms with Crippen LogP contribution in [0.15, 0.2) is 35.7 Å². The molecule has 0 spiro atoms. The van der Waals surface area contributed by atoms with Crippen LogP contribution in [0.5, 0.6) is 0 Å². The van der Waals surface area contributed by atoms with Crippen LogP contribution in [0.4, 0.5) is 5.69 Å². The number of hydrogen-bond donors (Lipinski definition) is 1. The van der Waals surface area contributed by atoms with Gasteiger partial charge >= 0.3 is 0 Å². The number of hydrogen-bond acceptors (Lipinski definition) is 5. The molecule has 6 nitrogen and oxygen atoms in total. The van der Waals surface area contributed by atoms with Crippen molar-refractivity contribution in [3.8, 4) is 0 Å². The van der Waals surface area contributed by atoms with Crippen LogP contribution in [0, 0.1) is 0 Å². The molecular weight excluding hydrogens is 446 g/mol. The third-order valence-corrected chi connectivity index (χ3v) is 6.76. The van der Waals surface area contributed by atoms with E-state index in [4.69, 9.17) is 16.3 Å². The zero-order valence-electron chi connectivity index (χ0n) is 18.6. The minimum Gasteiger partial charge on any atom is -0.379 e. The summed E-state index contributed by atoms with van der Waals surface area (Å²) >= 11 is 7.67. The number of thiophene rings is 1. The van der Waals surface area contributed by atoms with E-state index in [1.54, 1.807) is 24.3 Å². The fraction of sp³-hybridized carbons (Fsp3) is 0.500. The van der Waals surface area contributed by atoms with Gasteiger partial charge in [0.05, 0.1) is 28.8 Å². The molecule has 174 valence electrons. The molecule has 0 saturated carbocycles. The zero-order valence-corrected chi connectivity index (χ0v) is 20.2. The molecule has 0 atom stereocenters. The summed E-state index contributed by atoms with van der Waals surface area (Å²) in [7, 11) is 0. The Kier molecular flexibility index (Phi) is 9.99. The third-order valence-electron chi connectivity index (χ3n) is 5.57. The first-order valence-corrected chi connectivity index (χ1v) is 12.6. The quantitative estimate of drug-likeness (QED) is 0.462. The minimum absolute atomic E-state index is 0.0296. The van der Waals surface area contributed by atoms with Gasteiger partial charge in [-0.2, -0.15) is 0 Å². The van der Waals surface area contributed by atoms with Crippen LogP contribution < -0.4 is 5.32 Å². The lowest BCUT2D eigenvalue weighted by Gasteiger charge is -2.30. The molecule has 1 aliphatic rings. The minimum atomic E-state index is -0.227. The standard InChI is InChI=1S/C24H32ClN3O3S/c1-2-3-4-5-10-28(12-11-27-13-15-31-16-14-27)24(30)19-8-9-20(25)21(18-19)26-23(29)22-7-6-17-32-22/h6-9,17-18H,2-5,10-16H2,1H3,(H,26,29). The number of carbonyl (C=O) groups excluding carboxylic acids is 2. The van der Waals surface area contributed by atoms with Crippen molar-refractivity contribution in [2.75, 3.05) is 51.3 Å². The Morgan fingerprint density at radius 3 is 2.69 bits per heavy atom. The fourth-order valence-electron chi connectivity index (χ4n) is 3.66. The second-order valence-corrected chi connectivity index (χ2v) is 9.29. The number of nitrogens with zero attached hydrogens (tertiary/aromatic N) is 2. The average molecular weight is 478 g/mol. The maximum Gasteiger partial charge on any atom is 0.265 e. The van der Waals surface area contributed by atoms with Crippen molar-refractivity contribution in [2.45, 2.75) is 32.6 Å². The zero-order chi connectivity index (χ0) is 22.8. The van der Waals surface area contributed by atoms with Crippen molar-refractivity contribution in [1.82, 2.24) is 9.80 Å². The van der Waals surface area contributed by atoms with E-state index in [1.807, 2.05) is 16.3 Å². The van der Waals surface area contributed by atoms with Gasteiger partial charge in [0, 0.05) is 38.3 Å². The smallest absolute Gasteiger partial charge is 0.265 e. The number of amides is 2. The van der Waals surface area contributed by atoms with E-state index in [2.05, 4.69) is 17.1 Å². The molecular formula is C24H32ClN3O3S. The van der Waals surface area contributed by atoms with Crippen molar-refractivity contribution < 1.29 is 14.3 Å². The van der Waals surface area contributed by atoms with Gasteiger partial charge < -0.3 is 15.0 Å². The molecule has 0 bridgehead atoms. The molecule has 1 N–H and O–H groups in total. The van der Waals surface area contributed by atoms with Gasteiger partial charge in [-0.05, 0) is 36.1 Å². The van der Waals surface area contributed by atoms with E-state index < -0.39 is 0 Å². The lowest BCUT2D eigenvalue weighted by atomic mass is 10.1. The third kappa shape index (κ3) is 7.30. The molecule has 2 amide bonds. The van der Waals surface area contributed by atoms with Gasteiger partial charge in [-0.3, -0.25) is 14.5 Å². The Labute approximate surface area is 199 Å². The molecule has 1 aromatic carbocycles. The fourth-order valence-corrected chi connectivity index (χ4v) is 4.44. The van der Waals surface area contributed by atoms with Gasteiger partial charge in [0.25, 0.3) is 11.8 Å². The summed E-state index contributed by atoms with van der Waals surface area (Å²) in [5, 5.41) is 5.10. The monoisotopic (exact) mass is 477 g/mol. The summed E-state index contributed by atoms with van der Waals surface area (Å²) in [5.74, 6) is -0.256. The maximum absolute atomic E-state index is 13.4. The van der Waals surface area contributed by atoms with Crippen LogP contribution in [-0.2, 0) is 4.74 Å². The van der Waals surface area contributed by atoms with E-state index in [0.29, 0.717) is 27.7 Å². The Bertz CT molecular complexity index is 869. The van der Waals surface area contributed by atoms with E-state index in [0.717, 1.165) is 58.7 Å². The molecule has 2 aromatic rings. The molecule has 0 unspecified atom stereocenters. The highest BCUT2D eigenvalue weighted by atomic mass is 35.5. The molecule has 1 aromatic heterocycles. The Morgan fingerprint density at radius 1 is 1.16 bits per heavy atom. The summed E-state index contributed by atoms with van der Waals surface area (Å²) in [5.41, 5.74) is 0.989. The van der Waals surface area contributed by atoms with Crippen molar-refractivity contribution in [2.24, 2.45) is 0 Å². The van der Waals surface area contributed by atoms with Gasteiger partial charge in [0.1, 0.15) is 0 Å². The van der Waals surface area contributed by atoms with Crippen molar-refractivity contribution >= 4 is 40.4 Å². The number of anilines is 1. The average Bonchev–Trinajstić information content (AvgIpc) is 3.35. The van der Waals surface area contributed by atoms with Crippen LogP contribution in [0.2, 0.25) is 5.02 Å². The van der Waals surface area contributed by atoms with Crippen LogP contribution >= 0.6 is 22.9 Å². The van der Waals surface area contributed by atoms with Crippen molar-refractivity contribution in [3.63, 3.8) is 0 Å². The summed E-state index contributed by atoms with van der Waals surface area (Å²) in [4.78, 5) is 30.7. The number of nitrogens with one attached hydrogen (secondary N) is 1. The van der Waals surface area contributed by atoms with Gasteiger partial charge in [-0.15, -0.1) is 11.3 Å². The first-order valence-electron chi connectivity index (χ1n) is 11.3. The van der Waals surface area contributed by atoms with Crippen LogP contribution in [0.25, 0.3) is 0 Å². The van der Waals surface area contributed by atoms with E-state index in [9.17, 15) is 9.59 Å². The van der Waals surface area contributed by atoms with E-state index >= 15 is 0 Å². The first-order chi connectivity index (χ1) is 15.6. The lowest BCUT2D eigenvalue weighted by Crippen LogP contribution is -2.43. The highest BCUT2D eigenvalue weighted by molar-refractivity contribution is 7.12. The Hall–Kier alpha value is -1.93. The number of ether oxygens (including phenoxy) is 1. The predicted molar refractivity (Wildman–Crippen MR) is 131 cm³/mol. The second-order valence-electron chi connectivity index (χ2n) is 7.93. The Morgan fingerprint density at radius 2 is 1.97 bits per heavy atom. The molecule has 1 aliphatic heterocycles. The lowest BCUT2D eigenvalue weighted by molar-refractivity contribution is 0.0324. The molecule has 1 saturated heterocycles. The molecule has 8 heteroatoms. The van der Waals surface area contributed by atoms with Gasteiger partial charge in [0.15, 0.2) is 0 Å². The predicted octanol–water partition coefficient (Wildman–Crippen LogP) is 5.01. The summed E-state index contributed by atoms with van der Waals surface area (Å²) in [6.07, 6.45) is 4.43. The van der Waals surface area contributed by atoms with Crippen LogP contribution in [-0.4, -0.2) is 67.6 Å². The molecule has 0 aliphatic carbocycles. The van der Waals surface area contributed by atoms with Gasteiger partial charge in [-0.1, -0.05) is 43.9 Å². The maximum atomic E-state index is 13.4.